The highest BCUT2D eigenvalue weighted by molar-refractivity contribution is 7.98. The first kappa shape index (κ1) is 12.1. The highest BCUT2D eigenvalue weighted by Gasteiger charge is 2.08. The molecule has 0 aliphatic heterocycles. The molecule has 0 unspecified atom stereocenters. The minimum Gasteiger partial charge on any atom is -0.507 e. The first-order chi connectivity index (χ1) is 9.25. The molecule has 2 aromatic carbocycles. The van der Waals surface area contributed by atoms with Crippen LogP contribution in [0.1, 0.15) is 11.5 Å². The second-order valence-corrected chi connectivity index (χ2v) is 5.29. The number of aromatic hydroxyl groups is 1. The number of thioether (sulfide) groups is 1. The topological polar surface area (TPSA) is 46.3 Å². The maximum absolute atomic E-state index is 9.86. The molecule has 0 amide bonds. The summed E-state index contributed by atoms with van der Waals surface area (Å²) in [5.74, 6) is 1.94. The van der Waals surface area contributed by atoms with Gasteiger partial charge in [-0.25, -0.2) is 4.98 Å². The Balaban J connectivity index is 1.93. The van der Waals surface area contributed by atoms with Crippen LogP contribution in [0.4, 0.5) is 0 Å². The summed E-state index contributed by atoms with van der Waals surface area (Å²) < 4.78 is 5.20. The van der Waals surface area contributed by atoms with Crippen LogP contribution < -0.4 is 0 Å². The van der Waals surface area contributed by atoms with Gasteiger partial charge in [0, 0.05) is 16.0 Å². The Morgan fingerprint density at radius 2 is 1.95 bits per heavy atom. The van der Waals surface area contributed by atoms with Crippen LogP contribution in [0.15, 0.2) is 52.1 Å². The lowest BCUT2D eigenvalue weighted by molar-refractivity contribution is 0.481. The molecular weight excluding hydrogens is 258 g/mol. The molecule has 3 aromatic rings. The van der Waals surface area contributed by atoms with Gasteiger partial charge in [0.25, 0.3) is 0 Å². The Labute approximate surface area is 115 Å². The third-order valence-electron chi connectivity index (χ3n) is 3.07. The van der Waals surface area contributed by atoms with Crippen LogP contribution in [0.25, 0.3) is 10.8 Å². The van der Waals surface area contributed by atoms with Crippen LogP contribution >= 0.6 is 11.8 Å². The Morgan fingerprint density at radius 3 is 2.68 bits per heavy atom. The third-order valence-corrected chi connectivity index (χ3v) is 4.15. The van der Waals surface area contributed by atoms with Gasteiger partial charge in [-0.05, 0) is 24.4 Å². The molecule has 0 fully saturated rings. The third kappa shape index (κ3) is 2.31. The number of fused-ring (bicyclic) bond motifs is 1. The van der Waals surface area contributed by atoms with Crippen LogP contribution in [-0.2, 0) is 5.75 Å². The van der Waals surface area contributed by atoms with Crippen molar-refractivity contribution in [2.24, 2.45) is 0 Å². The van der Waals surface area contributed by atoms with E-state index in [4.69, 9.17) is 4.42 Å². The number of aromatic nitrogens is 1. The number of aryl methyl sites for hydroxylation is 1. The summed E-state index contributed by atoms with van der Waals surface area (Å²) in [6.45, 7) is 1.91. The zero-order chi connectivity index (χ0) is 13.2. The average molecular weight is 271 g/mol. The summed E-state index contributed by atoms with van der Waals surface area (Å²) in [6.07, 6.45) is 1.47. The summed E-state index contributed by atoms with van der Waals surface area (Å²) in [5, 5.41) is 11.8. The molecule has 0 aliphatic rings. The molecule has 0 aliphatic carbocycles. The molecule has 0 saturated heterocycles. The molecule has 3 rings (SSSR count). The van der Waals surface area contributed by atoms with Gasteiger partial charge < -0.3 is 9.52 Å². The van der Waals surface area contributed by atoms with Crippen molar-refractivity contribution in [3.8, 4) is 5.75 Å². The molecule has 1 heterocycles. The van der Waals surface area contributed by atoms with Crippen molar-refractivity contribution in [3.63, 3.8) is 0 Å². The number of hydrogen-bond donors (Lipinski definition) is 1. The Morgan fingerprint density at radius 1 is 1.16 bits per heavy atom. The highest BCUT2D eigenvalue weighted by atomic mass is 32.2. The van der Waals surface area contributed by atoms with Crippen LogP contribution in [-0.4, -0.2) is 10.1 Å². The van der Waals surface area contributed by atoms with Crippen LogP contribution in [0.2, 0.25) is 0 Å². The van der Waals surface area contributed by atoms with Gasteiger partial charge in [0.2, 0.25) is 0 Å². The first-order valence-electron chi connectivity index (χ1n) is 5.98. The van der Waals surface area contributed by atoms with Gasteiger partial charge in [0.15, 0.2) is 6.39 Å². The van der Waals surface area contributed by atoms with Crippen molar-refractivity contribution in [1.82, 2.24) is 4.98 Å². The average Bonchev–Trinajstić information content (AvgIpc) is 2.84. The van der Waals surface area contributed by atoms with E-state index >= 15 is 0 Å². The lowest BCUT2D eigenvalue weighted by atomic mass is 10.1. The van der Waals surface area contributed by atoms with Crippen LogP contribution in [0.3, 0.4) is 0 Å². The summed E-state index contributed by atoms with van der Waals surface area (Å²) in [7, 11) is 0. The number of nitrogens with zero attached hydrogens (tertiary/aromatic N) is 1. The largest absolute Gasteiger partial charge is 0.507 e. The lowest BCUT2D eigenvalue weighted by Gasteiger charge is -2.07. The Bertz CT molecular complexity index is 721. The zero-order valence-electron chi connectivity index (χ0n) is 10.5. The fourth-order valence-corrected chi connectivity index (χ4v) is 3.06. The predicted molar refractivity (Wildman–Crippen MR) is 76.4 cm³/mol. The second-order valence-electron chi connectivity index (χ2n) is 4.27. The summed E-state index contributed by atoms with van der Waals surface area (Å²) in [6, 6.07) is 11.5. The zero-order valence-corrected chi connectivity index (χ0v) is 11.3. The van der Waals surface area contributed by atoms with Crippen molar-refractivity contribution in [2.75, 3.05) is 0 Å². The van der Waals surface area contributed by atoms with E-state index < -0.39 is 0 Å². The molecule has 19 heavy (non-hydrogen) atoms. The maximum Gasteiger partial charge on any atom is 0.181 e. The van der Waals surface area contributed by atoms with Gasteiger partial charge in [-0.3, -0.25) is 0 Å². The van der Waals surface area contributed by atoms with E-state index in [1.165, 1.54) is 6.39 Å². The van der Waals surface area contributed by atoms with E-state index in [0.29, 0.717) is 5.75 Å². The van der Waals surface area contributed by atoms with Crippen molar-refractivity contribution in [1.29, 1.82) is 0 Å². The maximum atomic E-state index is 9.86. The fourth-order valence-electron chi connectivity index (χ4n) is 1.99. The van der Waals surface area contributed by atoms with Crippen molar-refractivity contribution >= 4 is 22.5 Å². The SMILES string of the molecule is Cc1ocnc1CSc1ccc(O)c2ccccc12. The quantitative estimate of drug-likeness (QED) is 0.727. The molecule has 0 saturated carbocycles. The number of oxazole rings is 1. The number of hydrogen-bond acceptors (Lipinski definition) is 4. The fraction of sp³-hybridized carbons (Fsp3) is 0.133. The lowest BCUT2D eigenvalue weighted by Crippen LogP contribution is -1.85. The van der Waals surface area contributed by atoms with Crippen molar-refractivity contribution < 1.29 is 9.52 Å². The van der Waals surface area contributed by atoms with E-state index in [1.807, 2.05) is 37.3 Å². The molecule has 1 N–H and O–H groups in total. The monoisotopic (exact) mass is 271 g/mol. The summed E-state index contributed by atoms with van der Waals surface area (Å²) >= 11 is 1.70. The number of phenolic OH excluding ortho intramolecular Hbond substituents is 1. The van der Waals surface area contributed by atoms with E-state index in [1.54, 1.807) is 17.8 Å². The van der Waals surface area contributed by atoms with Gasteiger partial charge in [0.1, 0.15) is 11.5 Å². The molecule has 3 nitrogen and oxygen atoms in total. The minimum absolute atomic E-state index is 0.317. The van der Waals surface area contributed by atoms with Crippen molar-refractivity contribution in [3.05, 3.63) is 54.2 Å². The van der Waals surface area contributed by atoms with Gasteiger partial charge in [-0.2, -0.15) is 0 Å². The molecule has 0 bridgehead atoms. The van der Waals surface area contributed by atoms with Crippen LogP contribution in [0.5, 0.6) is 5.75 Å². The molecular formula is C15H13NO2S. The summed E-state index contributed by atoms with van der Waals surface area (Å²) in [4.78, 5) is 5.33. The highest BCUT2D eigenvalue weighted by Crippen LogP contribution is 2.34. The van der Waals surface area contributed by atoms with E-state index in [9.17, 15) is 5.11 Å². The number of benzene rings is 2. The standard InChI is InChI=1S/C15H13NO2S/c1-10-13(16-9-18-10)8-19-15-7-6-14(17)11-4-2-3-5-12(11)15/h2-7,9,17H,8H2,1H3. The molecule has 0 spiro atoms. The molecule has 4 heteroatoms. The second kappa shape index (κ2) is 4.97. The van der Waals surface area contributed by atoms with Gasteiger partial charge in [-0.15, -0.1) is 11.8 Å². The van der Waals surface area contributed by atoms with Gasteiger partial charge in [-0.1, -0.05) is 24.3 Å². The van der Waals surface area contributed by atoms with Crippen molar-refractivity contribution in [2.45, 2.75) is 17.6 Å². The van der Waals surface area contributed by atoms with E-state index in [-0.39, 0.29) is 0 Å². The molecule has 0 radical (unpaired) electrons. The number of rotatable bonds is 3. The minimum atomic E-state index is 0.317. The smallest absolute Gasteiger partial charge is 0.181 e. The normalized spacial score (nSPS) is 11.0. The number of phenols is 1. The molecule has 96 valence electrons. The Hall–Kier alpha value is -1.94. The van der Waals surface area contributed by atoms with Gasteiger partial charge in [0.05, 0.1) is 5.69 Å². The predicted octanol–water partition coefficient (Wildman–Crippen LogP) is 4.13. The van der Waals surface area contributed by atoms with Crippen LogP contribution in [0, 0.1) is 6.92 Å². The van der Waals surface area contributed by atoms with Gasteiger partial charge >= 0.3 is 0 Å². The first-order valence-corrected chi connectivity index (χ1v) is 6.97. The molecule has 0 atom stereocenters. The van der Waals surface area contributed by atoms with E-state index in [0.717, 1.165) is 32.9 Å². The van der Waals surface area contributed by atoms with E-state index in [2.05, 4.69) is 4.98 Å². The summed E-state index contributed by atoms with van der Waals surface area (Å²) in [5.41, 5.74) is 0.960. The Kier molecular flexibility index (Phi) is 3.17. The molecule has 1 aromatic heterocycles.